The second-order valence-corrected chi connectivity index (χ2v) is 12.8. The average molecular weight is 511 g/mol. The van der Waals surface area contributed by atoms with Gasteiger partial charge in [0.15, 0.2) is 15.6 Å². The van der Waals surface area contributed by atoms with E-state index in [0.29, 0.717) is 24.1 Å². The summed E-state index contributed by atoms with van der Waals surface area (Å²) < 4.78 is 56.5. The molecule has 0 bridgehead atoms. The van der Waals surface area contributed by atoms with Gasteiger partial charge in [0.2, 0.25) is 5.88 Å². The Labute approximate surface area is 203 Å². The van der Waals surface area contributed by atoms with Gasteiger partial charge in [0, 0.05) is 18.4 Å². The summed E-state index contributed by atoms with van der Waals surface area (Å²) in [6, 6.07) is 2.88. The van der Waals surface area contributed by atoms with Gasteiger partial charge in [-0.1, -0.05) is 26.3 Å². The molecule has 0 fully saturated rings. The third-order valence-electron chi connectivity index (χ3n) is 5.43. The van der Waals surface area contributed by atoms with Crippen LogP contribution in [0, 0.1) is 12.8 Å². The lowest BCUT2D eigenvalue weighted by Gasteiger charge is -2.17. The van der Waals surface area contributed by atoms with Crippen LogP contribution in [0.5, 0.6) is 5.88 Å². The molecule has 0 aliphatic rings. The predicted molar refractivity (Wildman–Crippen MR) is 133 cm³/mol. The van der Waals surface area contributed by atoms with Crippen LogP contribution >= 0.6 is 0 Å². The fourth-order valence-corrected chi connectivity index (χ4v) is 5.60. The second-order valence-electron chi connectivity index (χ2n) is 9.12. The van der Waals surface area contributed by atoms with Crippen LogP contribution < -0.4 is 4.18 Å². The van der Waals surface area contributed by atoms with Gasteiger partial charge < -0.3 is 4.18 Å². The average Bonchev–Trinajstić information content (AvgIpc) is 3.06. The number of aromatic nitrogens is 2. The van der Waals surface area contributed by atoms with E-state index < -0.39 is 25.7 Å². The Balaban J connectivity index is 2.76. The number of allylic oxidation sites excluding steroid dienone is 2. The monoisotopic (exact) mass is 510 g/mol. The second kappa shape index (κ2) is 10.4. The maximum absolute atomic E-state index is 13.6. The number of ketones is 1. The van der Waals surface area contributed by atoms with Gasteiger partial charge >= 0.3 is 10.1 Å². The van der Waals surface area contributed by atoms with Crippen molar-refractivity contribution in [1.29, 1.82) is 0 Å². The van der Waals surface area contributed by atoms with E-state index in [1.807, 2.05) is 34.6 Å². The highest BCUT2D eigenvalue weighted by Crippen LogP contribution is 2.33. The Morgan fingerprint density at radius 1 is 1.09 bits per heavy atom. The van der Waals surface area contributed by atoms with E-state index in [2.05, 4.69) is 5.10 Å². The minimum Gasteiger partial charge on any atom is -0.361 e. The van der Waals surface area contributed by atoms with Crippen LogP contribution in [-0.2, 0) is 26.5 Å². The number of hydrogen-bond donors (Lipinski definition) is 0. The molecule has 0 saturated heterocycles. The number of carbonyl (C=O) groups is 1. The number of sulfone groups is 1. The molecule has 0 atom stereocenters. The van der Waals surface area contributed by atoms with Gasteiger partial charge in [0.25, 0.3) is 0 Å². The first-order valence-electron chi connectivity index (χ1n) is 11.1. The molecule has 0 spiro atoms. The van der Waals surface area contributed by atoms with Crippen molar-refractivity contribution in [3.8, 4) is 5.88 Å². The molecule has 0 unspecified atom stereocenters. The largest absolute Gasteiger partial charge is 0.361 e. The summed E-state index contributed by atoms with van der Waals surface area (Å²) in [5.74, 6) is -0.683. The summed E-state index contributed by atoms with van der Waals surface area (Å²) in [6.07, 6.45) is 2.80. The third-order valence-corrected chi connectivity index (χ3v) is 7.89. The van der Waals surface area contributed by atoms with Crippen molar-refractivity contribution < 1.29 is 25.8 Å². The third kappa shape index (κ3) is 6.15. The molecule has 0 N–H and O–H groups in total. The molecule has 2 rings (SSSR count). The summed E-state index contributed by atoms with van der Waals surface area (Å²) in [5, 5.41) is 4.22. The van der Waals surface area contributed by atoms with Crippen LogP contribution in [0.25, 0.3) is 5.57 Å². The molecule has 1 heterocycles. The number of hydrogen-bond acceptors (Lipinski definition) is 7. The summed E-state index contributed by atoms with van der Waals surface area (Å²) >= 11 is 0. The molecular formula is C24H34N2O6S2. The molecular weight excluding hydrogens is 476 g/mol. The molecule has 2 aromatic rings. The van der Waals surface area contributed by atoms with E-state index >= 15 is 0 Å². The molecule has 1 aromatic heterocycles. The maximum atomic E-state index is 13.6. The van der Waals surface area contributed by atoms with Gasteiger partial charge in [-0.25, -0.2) is 13.1 Å². The van der Waals surface area contributed by atoms with Crippen molar-refractivity contribution in [3.63, 3.8) is 0 Å². The van der Waals surface area contributed by atoms with E-state index in [4.69, 9.17) is 4.18 Å². The molecule has 188 valence electrons. The Morgan fingerprint density at radius 3 is 2.21 bits per heavy atom. The molecule has 10 heteroatoms. The van der Waals surface area contributed by atoms with Gasteiger partial charge in [-0.3, -0.25) is 4.79 Å². The Kier molecular flexibility index (Phi) is 8.53. The molecule has 34 heavy (non-hydrogen) atoms. The van der Waals surface area contributed by atoms with Crippen molar-refractivity contribution in [2.75, 3.05) is 12.0 Å². The summed E-state index contributed by atoms with van der Waals surface area (Å²) in [7, 11) is -7.48. The molecule has 0 aliphatic carbocycles. The number of rotatable bonds is 10. The van der Waals surface area contributed by atoms with E-state index in [0.717, 1.165) is 17.4 Å². The maximum Gasteiger partial charge on any atom is 0.310 e. The van der Waals surface area contributed by atoms with Gasteiger partial charge in [-0.2, -0.15) is 13.5 Å². The van der Waals surface area contributed by atoms with Crippen LogP contribution in [0.4, 0.5) is 0 Å². The standard InChI is InChI=1S/C24H34N2O6S2/c1-9-12-34(30,31)32-24-20(13-25-26(24)14-15(2)3)23(27)19-10-11-21(33(8,28)29)22(18(19)7)17(6)16(4)5/h10-11,13,15H,9,12,14H2,1-8H3. The Hall–Kier alpha value is -2.46. The summed E-state index contributed by atoms with van der Waals surface area (Å²) in [5.41, 5.74) is 2.90. The Morgan fingerprint density at radius 2 is 1.71 bits per heavy atom. The highest BCUT2D eigenvalue weighted by molar-refractivity contribution is 7.90. The zero-order valence-corrected chi connectivity index (χ0v) is 22.7. The highest BCUT2D eigenvalue weighted by Gasteiger charge is 2.28. The van der Waals surface area contributed by atoms with Crippen LogP contribution in [0.15, 0.2) is 28.8 Å². The first-order chi connectivity index (χ1) is 15.6. The molecule has 0 aliphatic heterocycles. The summed E-state index contributed by atoms with van der Waals surface area (Å²) in [4.78, 5) is 13.8. The van der Waals surface area contributed by atoms with Crippen LogP contribution in [0.2, 0.25) is 0 Å². The van der Waals surface area contributed by atoms with Crippen molar-refractivity contribution in [1.82, 2.24) is 9.78 Å². The van der Waals surface area contributed by atoms with Gasteiger partial charge in [-0.05, 0) is 68.9 Å². The van der Waals surface area contributed by atoms with E-state index in [-0.39, 0.29) is 33.6 Å². The van der Waals surface area contributed by atoms with Crippen molar-refractivity contribution >= 4 is 31.3 Å². The number of benzene rings is 1. The van der Waals surface area contributed by atoms with Crippen LogP contribution in [-0.4, -0.2) is 44.4 Å². The summed E-state index contributed by atoms with van der Waals surface area (Å²) in [6.45, 7) is 13.2. The Bertz CT molecular complexity index is 1330. The minimum atomic E-state index is -3.92. The zero-order valence-electron chi connectivity index (χ0n) is 21.1. The van der Waals surface area contributed by atoms with Gasteiger partial charge in [-0.15, -0.1) is 0 Å². The fourth-order valence-electron chi connectivity index (χ4n) is 3.61. The van der Waals surface area contributed by atoms with E-state index in [9.17, 15) is 21.6 Å². The lowest BCUT2D eigenvalue weighted by Crippen LogP contribution is -2.19. The lowest BCUT2D eigenvalue weighted by atomic mass is 9.91. The number of carbonyl (C=O) groups excluding carboxylic acids is 1. The molecule has 8 nitrogen and oxygen atoms in total. The highest BCUT2D eigenvalue weighted by atomic mass is 32.2. The van der Waals surface area contributed by atoms with Crippen molar-refractivity contribution in [2.45, 2.75) is 66.3 Å². The molecule has 0 saturated carbocycles. The topological polar surface area (TPSA) is 112 Å². The molecule has 0 radical (unpaired) electrons. The predicted octanol–water partition coefficient (Wildman–Crippen LogP) is 4.41. The first-order valence-corrected chi connectivity index (χ1v) is 14.6. The SMILES string of the molecule is CCCS(=O)(=O)Oc1c(C(=O)c2ccc(S(C)(=O)=O)c(C(C)=C(C)C)c2C)cnn1CC(C)C. The van der Waals surface area contributed by atoms with Gasteiger partial charge in [0.1, 0.15) is 5.56 Å². The molecule has 0 amide bonds. The van der Waals surface area contributed by atoms with Gasteiger partial charge in [0.05, 0.1) is 16.8 Å². The van der Waals surface area contributed by atoms with Crippen molar-refractivity contribution in [3.05, 3.63) is 46.2 Å². The van der Waals surface area contributed by atoms with E-state index in [1.54, 1.807) is 13.8 Å². The first kappa shape index (κ1) is 27.8. The van der Waals surface area contributed by atoms with Crippen molar-refractivity contribution in [2.24, 2.45) is 5.92 Å². The normalized spacial score (nSPS) is 12.1. The van der Waals surface area contributed by atoms with Crippen LogP contribution in [0.3, 0.4) is 0 Å². The molecule has 1 aromatic carbocycles. The minimum absolute atomic E-state index is 0.0105. The quantitative estimate of drug-likeness (QED) is 0.344. The van der Waals surface area contributed by atoms with Crippen LogP contribution in [0.1, 0.15) is 75.0 Å². The number of nitrogens with zero attached hydrogens (tertiary/aromatic N) is 2. The van der Waals surface area contributed by atoms with E-state index in [1.165, 1.54) is 23.0 Å². The smallest absolute Gasteiger partial charge is 0.310 e. The zero-order chi connectivity index (χ0) is 26.0. The fraction of sp³-hybridized carbons (Fsp3) is 0.500. The lowest BCUT2D eigenvalue weighted by molar-refractivity contribution is 0.103.